The lowest BCUT2D eigenvalue weighted by Gasteiger charge is -2.34. The van der Waals surface area contributed by atoms with Gasteiger partial charge in [0.1, 0.15) is 0 Å². The summed E-state index contributed by atoms with van der Waals surface area (Å²) in [6.07, 6.45) is 3.41. The number of piperazine rings is 1. The number of anilines is 1. The second-order valence-electron chi connectivity index (χ2n) is 5.54. The van der Waals surface area contributed by atoms with E-state index in [-0.39, 0.29) is 11.5 Å². The molecule has 0 unspecified atom stereocenters. The Morgan fingerprint density at radius 3 is 2.75 bits per heavy atom. The van der Waals surface area contributed by atoms with Crippen molar-refractivity contribution in [2.45, 2.75) is 6.54 Å². The summed E-state index contributed by atoms with van der Waals surface area (Å²) in [7, 11) is 1.59. The number of amides is 1. The van der Waals surface area contributed by atoms with E-state index in [1.165, 1.54) is 10.6 Å². The molecule has 0 spiro atoms. The largest absolute Gasteiger partial charge is 0.383 e. The van der Waals surface area contributed by atoms with Crippen LogP contribution in [-0.4, -0.2) is 60.3 Å². The van der Waals surface area contributed by atoms with Crippen molar-refractivity contribution in [3.05, 3.63) is 45.8 Å². The van der Waals surface area contributed by atoms with Gasteiger partial charge in [-0.05, 0) is 6.07 Å². The molecule has 3 heterocycles. The van der Waals surface area contributed by atoms with Crippen LogP contribution in [-0.2, 0) is 11.3 Å². The first-order valence-corrected chi connectivity index (χ1v) is 8.70. The van der Waals surface area contributed by atoms with Crippen molar-refractivity contribution in [2.75, 3.05) is 44.8 Å². The summed E-state index contributed by atoms with van der Waals surface area (Å²) >= 11 is 1.61. The highest BCUT2D eigenvalue weighted by molar-refractivity contribution is 7.13. The zero-order chi connectivity index (χ0) is 16.9. The molecular weight excluding hydrogens is 328 g/mol. The van der Waals surface area contributed by atoms with Gasteiger partial charge in [0.05, 0.1) is 12.2 Å². The van der Waals surface area contributed by atoms with Gasteiger partial charge in [-0.2, -0.15) is 0 Å². The number of hydrogen-bond acceptors (Lipinski definition) is 6. The Morgan fingerprint density at radius 2 is 2.08 bits per heavy atom. The van der Waals surface area contributed by atoms with Crippen LogP contribution in [0.3, 0.4) is 0 Å². The Balaban J connectivity index is 1.66. The molecule has 1 fully saturated rings. The summed E-state index contributed by atoms with van der Waals surface area (Å²) in [5, 5.41) is 2.95. The van der Waals surface area contributed by atoms with E-state index < -0.39 is 0 Å². The zero-order valence-electron chi connectivity index (χ0n) is 13.6. The Bertz CT molecular complexity index is 736. The van der Waals surface area contributed by atoms with Gasteiger partial charge in [0.15, 0.2) is 5.13 Å². The number of carbonyl (C=O) groups is 1. The van der Waals surface area contributed by atoms with Crippen LogP contribution >= 0.6 is 11.3 Å². The minimum atomic E-state index is -0.128. The quantitative estimate of drug-likeness (QED) is 0.804. The van der Waals surface area contributed by atoms with Gasteiger partial charge < -0.3 is 19.1 Å². The predicted octanol–water partition coefficient (Wildman–Crippen LogP) is 0.914. The van der Waals surface area contributed by atoms with Crippen molar-refractivity contribution >= 4 is 22.4 Å². The highest BCUT2D eigenvalue weighted by Crippen LogP contribution is 2.19. The third kappa shape index (κ3) is 3.65. The summed E-state index contributed by atoms with van der Waals surface area (Å²) < 4.78 is 6.52. The Morgan fingerprint density at radius 1 is 1.29 bits per heavy atom. The van der Waals surface area contributed by atoms with E-state index in [0.717, 1.165) is 18.2 Å². The molecule has 0 saturated carbocycles. The molecule has 128 valence electrons. The summed E-state index contributed by atoms with van der Waals surface area (Å²) in [5.41, 5.74) is 0.408. The number of methoxy groups -OCH3 is 1. The molecule has 1 aliphatic heterocycles. The van der Waals surface area contributed by atoms with E-state index >= 15 is 0 Å². The van der Waals surface area contributed by atoms with E-state index in [0.29, 0.717) is 31.8 Å². The van der Waals surface area contributed by atoms with E-state index in [2.05, 4.69) is 9.88 Å². The molecule has 3 rings (SSSR count). The fourth-order valence-electron chi connectivity index (χ4n) is 2.68. The molecule has 1 saturated heterocycles. The van der Waals surface area contributed by atoms with Crippen molar-refractivity contribution in [3.8, 4) is 0 Å². The molecule has 24 heavy (non-hydrogen) atoms. The maximum absolute atomic E-state index is 12.7. The summed E-state index contributed by atoms with van der Waals surface area (Å²) in [4.78, 5) is 32.8. The van der Waals surface area contributed by atoms with Crippen LogP contribution in [0.25, 0.3) is 0 Å². The zero-order valence-corrected chi connectivity index (χ0v) is 14.4. The third-order valence-corrected chi connectivity index (χ3v) is 4.86. The molecule has 7 nitrogen and oxygen atoms in total. The molecule has 0 aliphatic carbocycles. The monoisotopic (exact) mass is 348 g/mol. The average Bonchev–Trinajstić information content (AvgIpc) is 3.15. The van der Waals surface area contributed by atoms with Crippen LogP contribution in [0.2, 0.25) is 0 Å². The van der Waals surface area contributed by atoms with Gasteiger partial charge in [0, 0.05) is 63.7 Å². The highest BCUT2D eigenvalue weighted by Gasteiger charge is 2.23. The van der Waals surface area contributed by atoms with Crippen molar-refractivity contribution in [1.82, 2.24) is 14.5 Å². The van der Waals surface area contributed by atoms with Crippen LogP contribution < -0.4 is 10.5 Å². The van der Waals surface area contributed by atoms with Gasteiger partial charge in [-0.15, -0.1) is 11.3 Å². The second-order valence-corrected chi connectivity index (χ2v) is 6.41. The van der Waals surface area contributed by atoms with Crippen LogP contribution in [0.4, 0.5) is 5.13 Å². The molecule has 8 heteroatoms. The number of thiazole rings is 1. The average molecular weight is 348 g/mol. The lowest BCUT2D eigenvalue weighted by Crippen LogP contribution is -2.49. The van der Waals surface area contributed by atoms with E-state index in [9.17, 15) is 9.59 Å². The topological polar surface area (TPSA) is 67.7 Å². The molecule has 0 radical (unpaired) electrons. The minimum absolute atomic E-state index is 0.0417. The molecule has 0 aromatic carbocycles. The molecule has 2 aromatic rings. The van der Waals surface area contributed by atoms with Crippen molar-refractivity contribution in [1.29, 1.82) is 0 Å². The number of rotatable bonds is 5. The fourth-order valence-corrected chi connectivity index (χ4v) is 3.37. The lowest BCUT2D eigenvalue weighted by molar-refractivity contribution is 0.0745. The summed E-state index contributed by atoms with van der Waals surface area (Å²) in [6, 6.07) is 3.04. The fraction of sp³-hybridized carbons (Fsp3) is 0.438. The second kappa shape index (κ2) is 7.59. The maximum Gasteiger partial charge on any atom is 0.255 e. The van der Waals surface area contributed by atoms with Crippen LogP contribution in [0.1, 0.15) is 10.4 Å². The van der Waals surface area contributed by atoms with Gasteiger partial charge in [0.25, 0.3) is 11.5 Å². The van der Waals surface area contributed by atoms with Crippen LogP contribution in [0, 0.1) is 0 Å². The maximum atomic E-state index is 12.7. The minimum Gasteiger partial charge on any atom is -0.383 e. The smallest absolute Gasteiger partial charge is 0.255 e. The van der Waals surface area contributed by atoms with Crippen LogP contribution in [0.15, 0.2) is 34.7 Å². The van der Waals surface area contributed by atoms with Crippen molar-refractivity contribution in [2.24, 2.45) is 0 Å². The molecule has 0 N–H and O–H groups in total. The third-order valence-electron chi connectivity index (χ3n) is 4.02. The van der Waals surface area contributed by atoms with E-state index in [1.54, 1.807) is 36.9 Å². The molecule has 1 aliphatic rings. The Labute approximate surface area is 144 Å². The van der Waals surface area contributed by atoms with Crippen molar-refractivity contribution in [3.63, 3.8) is 0 Å². The van der Waals surface area contributed by atoms with E-state index in [4.69, 9.17) is 4.74 Å². The lowest BCUT2D eigenvalue weighted by atomic mass is 10.2. The predicted molar refractivity (Wildman–Crippen MR) is 92.8 cm³/mol. The standard InChI is InChI=1S/C16H20N4O3S/c1-23-10-9-20-12-13(2-3-14(20)21)15(22)18-5-7-19(8-6-18)16-17-4-11-24-16/h2-4,11-12H,5-10H2,1H3. The number of pyridine rings is 1. The Hall–Kier alpha value is -2.19. The first-order valence-electron chi connectivity index (χ1n) is 7.82. The normalized spacial score (nSPS) is 14.9. The SMILES string of the molecule is COCCn1cc(C(=O)N2CCN(c3nccs3)CC2)ccc1=O. The highest BCUT2D eigenvalue weighted by atomic mass is 32.1. The molecule has 0 bridgehead atoms. The van der Waals surface area contributed by atoms with Gasteiger partial charge in [0.2, 0.25) is 0 Å². The van der Waals surface area contributed by atoms with E-state index in [1.807, 2.05) is 10.3 Å². The number of carbonyl (C=O) groups excluding carboxylic acids is 1. The number of nitrogens with zero attached hydrogens (tertiary/aromatic N) is 4. The van der Waals surface area contributed by atoms with Crippen LogP contribution in [0.5, 0.6) is 0 Å². The molecule has 2 aromatic heterocycles. The summed E-state index contributed by atoms with van der Waals surface area (Å²) in [5.74, 6) is -0.0417. The first kappa shape index (κ1) is 16.7. The van der Waals surface area contributed by atoms with Crippen molar-refractivity contribution < 1.29 is 9.53 Å². The molecular formula is C16H20N4O3S. The number of ether oxygens (including phenoxy) is 1. The molecule has 0 atom stereocenters. The van der Waals surface area contributed by atoms with Gasteiger partial charge in [-0.3, -0.25) is 9.59 Å². The Kier molecular flexibility index (Phi) is 5.27. The first-order chi connectivity index (χ1) is 11.7. The number of aromatic nitrogens is 2. The van der Waals surface area contributed by atoms with Gasteiger partial charge >= 0.3 is 0 Å². The number of hydrogen-bond donors (Lipinski definition) is 0. The summed E-state index contributed by atoms with van der Waals surface area (Å²) in [6.45, 7) is 3.70. The molecule has 1 amide bonds. The van der Waals surface area contributed by atoms with Gasteiger partial charge in [-0.1, -0.05) is 0 Å². The van der Waals surface area contributed by atoms with Gasteiger partial charge in [-0.25, -0.2) is 4.98 Å².